The van der Waals surface area contributed by atoms with E-state index >= 15 is 0 Å². The van der Waals surface area contributed by atoms with E-state index in [0.717, 1.165) is 17.7 Å². The van der Waals surface area contributed by atoms with Crippen molar-refractivity contribution in [3.05, 3.63) is 65.4 Å². The first-order valence-corrected chi connectivity index (χ1v) is 9.29. The average molecular weight is 361 g/mol. The fraction of sp³-hybridized carbons (Fsp3) is 0.158. The lowest BCUT2D eigenvalue weighted by molar-refractivity contribution is 0.432. The van der Waals surface area contributed by atoms with Gasteiger partial charge in [-0.05, 0) is 35.4 Å². The van der Waals surface area contributed by atoms with Crippen LogP contribution in [-0.2, 0) is 6.42 Å². The van der Waals surface area contributed by atoms with E-state index < -0.39 is 0 Å². The standard InChI is InChI=1S/C19H15N5OS/c1-2-5-13-12(4-1)7-8-15(13)22-17-14(10-20-11-21-17)19-23-18(24-25-19)16-6-3-9-26-16/h1-6,9-11,15H,7-8H2,(H,20,21,22)/t15-/m0/s1. The lowest BCUT2D eigenvalue weighted by Gasteiger charge is -2.15. The van der Waals surface area contributed by atoms with Crippen molar-refractivity contribution in [2.75, 3.05) is 5.32 Å². The number of benzene rings is 1. The lowest BCUT2D eigenvalue weighted by Crippen LogP contribution is -2.09. The van der Waals surface area contributed by atoms with Crippen molar-refractivity contribution >= 4 is 17.2 Å². The Kier molecular flexibility index (Phi) is 3.71. The molecule has 0 saturated carbocycles. The van der Waals surface area contributed by atoms with E-state index in [1.54, 1.807) is 17.5 Å². The minimum absolute atomic E-state index is 0.222. The summed E-state index contributed by atoms with van der Waals surface area (Å²) in [6, 6.07) is 12.7. The first-order valence-electron chi connectivity index (χ1n) is 8.41. The van der Waals surface area contributed by atoms with E-state index in [9.17, 15) is 0 Å². The highest BCUT2D eigenvalue weighted by molar-refractivity contribution is 7.13. The Balaban J connectivity index is 1.47. The number of thiophene rings is 1. The molecule has 3 aromatic heterocycles. The van der Waals surface area contributed by atoms with Gasteiger partial charge in [0.15, 0.2) is 0 Å². The summed E-state index contributed by atoms with van der Waals surface area (Å²) in [7, 11) is 0. The molecule has 26 heavy (non-hydrogen) atoms. The highest BCUT2D eigenvalue weighted by Crippen LogP contribution is 2.35. The Hall–Kier alpha value is -3.06. The molecule has 0 radical (unpaired) electrons. The van der Waals surface area contributed by atoms with Gasteiger partial charge in [0, 0.05) is 6.20 Å². The summed E-state index contributed by atoms with van der Waals surface area (Å²) in [5.74, 6) is 1.71. The summed E-state index contributed by atoms with van der Waals surface area (Å²) in [6.45, 7) is 0. The molecular formula is C19H15N5OS. The van der Waals surface area contributed by atoms with Crippen molar-refractivity contribution in [3.8, 4) is 22.2 Å². The molecule has 128 valence electrons. The van der Waals surface area contributed by atoms with Gasteiger partial charge in [-0.25, -0.2) is 9.97 Å². The van der Waals surface area contributed by atoms with Crippen LogP contribution >= 0.6 is 11.3 Å². The zero-order valence-corrected chi connectivity index (χ0v) is 14.6. The number of aromatic nitrogens is 4. The maximum atomic E-state index is 5.47. The molecule has 1 aromatic carbocycles. The minimum atomic E-state index is 0.222. The summed E-state index contributed by atoms with van der Waals surface area (Å²) >= 11 is 1.58. The number of rotatable bonds is 4. The summed E-state index contributed by atoms with van der Waals surface area (Å²) < 4.78 is 5.47. The smallest absolute Gasteiger partial charge is 0.263 e. The molecule has 1 aliphatic rings. The second-order valence-electron chi connectivity index (χ2n) is 6.12. The van der Waals surface area contributed by atoms with Gasteiger partial charge in [0.1, 0.15) is 17.7 Å². The van der Waals surface area contributed by atoms with Gasteiger partial charge in [-0.2, -0.15) is 4.98 Å². The van der Waals surface area contributed by atoms with Crippen LogP contribution in [0.5, 0.6) is 0 Å². The monoisotopic (exact) mass is 361 g/mol. The van der Waals surface area contributed by atoms with Crippen LogP contribution in [0.15, 0.2) is 58.8 Å². The number of hydrogen-bond acceptors (Lipinski definition) is 7. The molecule has 7 heteroatoms. The van der Waals surface area contributed by atoms with Crippen LogP contribution in [-0.4, -0.2) is 20.1 Å². The maximum absolute atomic E-state index is 5.47. The number of nitrogens with one attached hydrogen (secondary N) is 1. The summed E-state index contributed by atoms with van der Waals surface area (Å²) in [5.41, 5.74) is 3.42. The highest BCUT2D eigenvalue weighted by Gasteiger charge is 2.24. The fourth-order valence-electron chi connectivity index (χ4n) is 3.31. The van der Waals surface area contributed by atoms with Crippen molar-refractivity contribution in [1.82, 2.24) is 20.1 Å². The van der Waals surface area contributed by atoms with Crippen molar-refractivity contribution in [1.29, 1.82) is 0 Å². The second-order valence-corrected chi connectivity index (χ2v) is 7.07. The van der Waals surface area contributed by atoms with Crippen molar-refractivity contribution in [3.63, 3.8) is 0 Å². The molecule has 3 heterocycles. The average Bonchev–Trinajstić information content (AvgIpc) is 3.43. The number of hydrogen-bond donors (Lipinski definition) is 1. The van der Waals surface area contributed by atoms with Gasteiger partial charge in [0.05, 0.1) is 10.9 Å². The molecule has 4 aromatic rings. The van der Waals surface area contributed by atoms with Crippen LogP contribution in [0.25, 0.3) is 22.2 Å². The third-order valence-electron chi connectivity index (χ3n) is 4.55. The Morgan fingerprint density at radius 1 is 1.15 bits per heavy atom. The van der Waals surface area contributed by atoms with Gasteiger partial charge in [-0.1, -0.05) is 35.5 Å². The molecule has 1 atom stereocenters. The van der Waals surface area contributed by atoms with Gasteiger partial charge in [-0.15, -0.1) is 11.3 Å². The quantitative estimate of drug-likeness (QED) is 0.582. The molecule has 0 bridgehead atoms. The van der Waals surface area contributed by atoms with Crippen LogP contribution in [0.1, 0.15) is 23.6 Å². The number of anilines is 1. The maximum Gasteiger partial charge on any atom is 0.263 e. The first kappa shape index (κ1) is 15.2. The molecule has 0 amide bonds. The normalized spacial score (nSPS) is 15.8. The molecular weight excluding hydrogens is 346 g/mol. The first-order chi connectivity index (χ1) is 12.9. The van der Waals surface area contributed by atoms with Crippen molar-refractivity contribution < 1.29 is 4.52 Å². The Labute approximate surface area is 154 Å². The van der Waals surface area contributed by atoms with E-state index in [2.05, 4.69) is 49.7 Å². The largest absolute Gasteiger partial charge is 0.362 e. The predicted molar refractivity (Wildman–Crippen MR) is 99.8 cm³/mol. The highest BCUT2D eigenvalue weighted by atomic mass is 32.1. The SMILES string of the molecule is c1csc(-c2noc(-c3cncnc3N[C@H]3CCc4ccccc43)n2)c1. The Morgan fingerprint density at radius 3 is 3.04 bits per heavy atom. The van der Waals surface area contributed by atoms with Gasteiger partial charge >= 0.3 is 0 Å². The van der Waals surface area contributed by atoms with Crippen molar-refractivity contribution in [2.45, 2.75) is 18.9 Å². The lowest BCUT2D eigenvalue weighted by atomic mass is 10.1. The van der Waals surface area contributed by atoms with E-state index in [0.29, 0.717) is 23.1 Å². The van der Waals surface area contributed by atoms with Gasteiger partial charge in [-0.3, -0.25) is 0 Å². The third kappa shape index (κ3) is 2.66. The molecule has 1 aliphatic carbocycles. The van der Waals surface area contributed by atoms with Gasteiger partial charge in [0.2, 0.25) is 5.82 Å². The predicted octanol–water partition coefficient (Wildman–Crippen LogP) is 4.35. The van der Waals surface area contributed by atoms with E-state index in [4.69, 9.17) is 4.52 Å². The zero-order valence-electron chi connectivity index (χ0n) is 13.8. The molecule has 0 fully saturated rings. The Morgan fingerprint density at radius 2 is 2.12 bits per heavy atom. The molecule has 6 nitrogen and oxygen atoms in total. The molecule has 1 N–H and O–H groups in total. The van der Waals surface area contributed by atoms with Crippen LogP contribution < -0.4 is 5.32 Å². The summed E-state index contributed by atoms with van der Waals surface area (Å²) in [5, 5.41) is 9.60. The van der Waals surface area contributed by atoms with Crippen LogP contribution in [0.4, 0.5) is 5.82 Å². The topological polar surface area (TPSA) is 76.7 Å². The summed E-state index contributed by atoms with van der Waals surface area (Å²) in [4.78, 5) is 14.0. The summed E-state index contributed by atoms with van der Waals surface area (Å²) in [6.07, 6.45) is 5.34. The van der Waals surface area contributed by atoms with E-state index in [-0.39, 0.29) is 6.04 Å². The van der Waals surface area contributed by atoms with E-state index in [1.165, 1.54) is 17.5 Å². The fourth-order valence-corrected chi connectivity index (χ4v) is 3.96. The van der Waals surface area contributed by atoms with E-state index in [1.807, 2.05) is 17.5 Å². The molecule has 0 saturated heterocycles. The van der Waals surface area contributed by atoms with Crippen LogP contribution in [0, 0.1) is 0 Å². The van der Waals surface area contributed by atoms with Crippen molar-refractivity contribution in [2.24, 2.45) is 0 Å². The molecule has 0 unspecified atom stereocenters. The van der Waals surface area contributed by atoms with Crippen LogP contribution in [0.2, 0.25) is 0 Å². The minimum Gasteiger partial charge on any atom is -0.362 e. The number of nitrogens with zero attached hydrogens (tertiary/aromatic N) is 4. The molecule has 0 aliphatic heterocycles. The molecule has 0 spiro atoms. The number of fused-ring (bicyclic) bond motifs is 1. The zero-order chi connectivity index (χ0) is 17.3. The second kappa shape index (κ2) is 6.34. The third-order valence-corrected chi connectivity index (χ3v) is 5.42. The van der Waals surface area contributed by atoms with Gasteiger partial charge in [0.25, 0.3) is 5.89 Å². The molecule has 5 rings (SSSR count). The van der Waals surface area contributed by atoms with Gasteiger partial charge < -0.3 is 9.84 Å². The van der Waals surface area contributed by atoms with Crippen LogP contribution in [0.3, 0.4) is 0 Å². The number of aryl methyl sites for hydroxylation is 1. The Bertz CT molecular complexity index is 1040.